The van der Waals surface area contributed by atoms with Gasteiger partial charge in [0.1, 0.15) is 12.4 Å². The normalized spacial score (nSPS) is 21.4. The zero-order chi connectivity index (χ0) is 18.4. The van der Waals surface area contributed by atoms with Crippen LogP contribution in [0.25, 0.3) is 0 Å². The van der Waals surface area contributed by atoms with Gasteiger partial charge in [-0.3, -0.25) is 9.59 Å². The minimum absolute atomic E-state index is 0.00142. The standard InChI is InChI=1S/C20H29N3O3/c1-15-9-10-18(21-12-15)22-20(25)16-6-5-11-23(13-16)19(24)14-26-17-7-3-2-4-8-17/h9-10,12,16-17H,2-8,11,13-14H2,1H3,(H,21,22,25). The average Bonchev–Trinajstić information content (AvgIpc) is 2.69. The van der Waals surface area contributed by atoms with E-state index in [0.717, 1.165) is 31.2 Å². The fraction of sp³-hybridized carbons (Fsp3) is 0.650. The summed E-state index contributed by atoms with van der Waals surface area (Å²) in [5, 5.41) is 2.86. The van der Waals surface area contributed by atoms with Gasteiger partial charge in [-0.25, -0.2) is 4.98 Å². The van der Waals surface area contributed by atoms with E-state index in [1.165, 1.54) is 19.3 Å². The van der Waals surface area contributed by atoms with Gasteiger partial charge in [0, 0.05) is 19.3 Å². The molecule has 2 fully saturated rings. The molecule has 6 heteroatoms. The van der Waals surface area contributed by atoms with Crippen molar-refractivity contribution in [2.45, 2.75) is 58.0 Å². The highest BCUT2D eigenvalue weighted by atomic mass is 16.5. The molecule has 142 valence electrons. The van der Waals surface area contributed by atoms with Crippen LogP contribution < -0.4 is 5.32 Å². The molecule has 2 aliphatic rings. The molecule has 2 amide bonds. The Morgan fingerprint density at radius 1 is 1.19 bits per heavy atom. The summed E-state index contributed by atoms with van der Waals surface area (Å²) < 4.78 is 5.80. The van der Waals surface area contributed by atoms with E-state index in [-0.39, 0.29) is 30.4 Å². The van der Waals surface area contributed by atoms with Crippen molar-refractivity contribution in [2.75, 3.05) is 25.0 Å². The average molecular weight is 359 g/mol. The van der Waals surface area contributed by atoms with Gasteiger partial charge >= 0.3 is 0 Å². The number of pyridine rings is 1. The van der Waals surface area contributed by atoms with Gasteiger partial charge in [-0.05, 0) is 44.2 Å². The zero-order valence-corrected chi connectivity index (χ0v) is 15.6. The lowest BCUT2D eigenvalue weighted by molar-refractivity contribution is -0.141. The molecule has 6 nitrogen and oxygen atoms in total. The molecule has 1 saturated heterocycles. The lowest BCUT2D eigenvalue weighted by Gasteiger charge is -2.32. The van der Waals surface area contributed by atoms with Crippen molar-refractivity contribution >= 4 is 17.6 Å². The van der Waals surface area contributed by atoms with Gasteiger partial charge in [0.05, 0.1) is 12.0 Å². The number of aryl methyl sites for hydroxylation is 1. The highest BCUT2D eigenvalue weighted by molar-refractivity contribution is 5.92. The number of hydrogen-bond donors (Lipinski definition) is 1. The van der Waals surface area contributed by atoms with E-state index in [1.807, 2.05) is 13.0 Å². The number of anilines is 1. The summed E-state index contributed by atoms with van der Waals surface area (Å²) in [6.45, 7) is 3.26. The van der Waals surface area contributed by atoms with Gasteiger partial charge in [0.2, 0.25) is 11.8 Å². The van der Waals surface area contributed by atoms with Crippen molar-refractivity contribution in [2.24, 2.45) is 5.92 Å². The number of amides is 2. The number of aromatic nitrogens is 1. The summed E-state index contributed by atoms with van der Waals surface area (Å²) in [6, 6.07) is 3.72. The van der Waals surface area contributed by atoms with Gasteiger partial charge < -0.3 is 15.0 Å². The topological polar surface area (TPSA) is 71.5 Å². The van der Waals surface area contributed by atoms with Crippen molar-refractivity contribution in [3.63, 3.8) is 0 Å². The van der Waals surface area contributed by atoms with E-state index in [4.69, 9.17) is 4.74 Å². The molecule has 1 atom stereocenters. The van der Waals surface area contributed by atoms with Crippen molar-refractivity contribution < 1.29 is 14.3 Å². The molecule has 1 aromatic rings. The molecule has 2 heterocycles. The van der Waals surface area contributed by atoms with Crippen LogP contribution in [0.2, 0.25) is 0 Å². The predicted octanol–water partition coefficient (Wildman–Crippen LogP) is 2.92. The van der Waals surface area contributed by atoms with Crippen LogP contribution in [0.4, 0.5) is 5.82 Å². The van der Waals surface area contributed by atoms with Gasteiger partial charge in [0.15, 0.2) is 0 Å². The Kier molecular flexibility index (Phi) is 6.61. The van der Waals surface area contributed by atoms with Crippen LogP contribution in [-0.4, -0.2) is 47.5 Å². The lowest BCUT2D eigenvalue weighted by atomic mass is 9.97. The number of nitrogens with zero attached hydrogens (tertiary/aromatic N) is 2. The van der Waals surface area contributed by atoms with Crippen molar-refractivity contribution in [3.8, 4) is 0 Å². The molecule has 1 saturated carbocycles. The van der Waals surface area contributed by atoms with E-state index in [9.17, 15) is 9.59 Å². The van der Waals surface area contributed by atoms with Crippen LogP contribution in [0.3, 0.4) is 0 Å². The maximum atomic E-state index is 12.5. The van der Waals surface area contributed by atoms with E-state index in [1.54, 1.807) is 17.2 Å². The minimum Gasteiger partial charge on any atom is -0.368 e. The monoisotopic (exact) mass is 359 g/mol. The minimum atomic E-state index is -0.189. The first-order chi connectivity index (χ1) is 12.6. The Hall–Kier alpha value is -1.95. The molecule has 3 rings (SSSR count). The van der Waals surface area contributed by atoms with Gasteiger partial charge in [0.25, 0.3) is 0 Å². The van der Waals surface area contributed by atoms with Crippen molar-refractivity contribution in [1.29, 1.82) is 0 Å². The number of carbonyl (C=O) groups excluding carboxylic acids is 2. The lowest BCUT2D eigenvalue weighted by Crippen LogP contribution is -2.45. The summed E-state index contributed by atoms with van der Waals surface area (Å²) in [6.07, 6.45) is 9.37. The van der Waals surface area contributed by atoms with E-state index >= 15 is 0 Å². The second-order valence-electron chi connectivity index (χ2n) is 7.46. The second-order valence-corrected chi connectivity index (χ2v) is 7.46. The Bertz CT molecular complexity index is 611. The van der Waals surface area contributed by atoms with E-state index in [2.05, 4.69) is 10.3 Å². The Morgan fingerprint density at radius 2 is 2.00 bits per heavy atom. The number of piperidine rings is 1. The fourth-order valence-corrected chi connectivity index (χ4v) is 3.70. The first kappa shape index (κ1) is 18.8. The van der Waals surface area contributed by atoms with Crippen LogP contribution >= 0.6 is 0 Å². The maximum absolute atomic E-state index is 12.5. The summed E-state index contributed by atoms with van der Waals surface area (Å²) in [4.78, 5) is 31.0. The Balaban J connectivity index is 1.47. The molecular weight excluding hydrogens is 330 g/mol. The molecule has 0 radical (unpaired) electrons. The first-order valence-corrected chi connectivity index (χ1v) is 9.75. The molecule has 1 aliphatic carbocycles. The summed E-state index contributed by atoms with van der Waals surface area (Å²) in [5.41, 5.74) is 1.05. The highest BCUT2D eigenvalue weighted by Gasteiger charge is 2.29. The Morgan fingerprint density at radius 3 is 2.73 bits per heavy atom. The number of ether oxygens (including phenoxy) is 1. The summed E-state index contributed by atoms with van der Waals surface area (Å²) >= 11 is 0. The molecule has 1 aliphatic heterocycles. The second kappa shape index (κ2) is 9.12. The molecule has 1 aromatic heterocycles. The quantitative estimate of drug-likeness (QED) is 0.877. The molecular formula is C20H29N3O3. The van der Waals surface area contributed by atoms with Crippen LogP contribution in [0.5, 0.6) is 0 Å². The smallest absolute Gasteiger partial charge is 0.248 e. The molecule has 1 N–H and O–H groups in total. The van der Waals surface area contributed by atoms with E-state index < -0.39 is 0 Å². The van der Waals surface area contributed by atoms with Crippen LogP contribution in [0, 0.1) is 12.8 Å². The van der Waals surface area contributed by atoms with Crippen LogP contribution in [0.15, 0.2) is 18.3 Å². The number of rotatable bonds is 5. The SMILES string of the molecule is Cc1ccc(NC(=O)C2CCCN(C(=O)COC3CCCCC3)C2)nc1. The number of hydrogen-bond acceptors (Lipinski definition) is 4. The fourth-order valence-electron chi connectivity index (χ4n) is 3.70. The van der Waals surface area contributed by atoms with Gasteiger partial charge in [-0.15, -0.1) is 0 Å². The molecule has 1 unspecified atom stereocenters. The summed E-state index contributed by atoms with van der Waals surface area (Å²) in [5.74, 6) is 0.309. The Labute approximate surface area is 155 Å². The van der Waals surface area contributed by atoms with Crippen LogP contribution in [-0.2, 0) is 14.3 Å². The summed E-state index contributed by atoms with van der Waals surface area (Å²) in [7, 11) is 0. The first-order valence-electron chi connectivity index (χ1n) is 9.75. The molecule has 0 aromatic carbocycles. The number of nitrogens with one attached hydrogen (secondary N) is 1. The number of likely N-dealkylation sites (tertiary alicyclic amines) is 1. The van der Waals surface area contributed by atoms with E-state index in [0.29, 0.717) is 18.9 Å². The van der Waals surface area contributed by atoms with Crippen molar-refractivity contribution in [3.05, 3.63) is 23.9 Å². The molecule has 0 bridgehead atoms. The van der Waals surface area contributed by atoms with Crippen LogP contribution in [0.1, 0.15) is 50.5 Å². The third kappa shape index (κ3) is 5.27. The largest absolute Gasteiger partial charge is 0.368 e. The molecule has 0 spiro atoms. The van der Waals surface area contributed by atoms with Gasteiger partial charge in [-0.2, -0.15) is 0 Å². The van der Waals surface area contributed by atoms with Gasteiger partial charge in [-0.1, -0.05) is 25.3 Å². The van der Waals surface area contributed by atoms with Crippen molar-refractivity contribution in [1.82, 2.24) is 9.88 Å². The molecule has 26 heavy (non-hydrogen) atoms. The third-order valence-corrected chi connectivity index (χ3v) is 5.30. The predicted molar refractivity (Wildman–Crippen MR) is 99.7 cm³/mol. The maximum Gasteiger partial charge on any atom is 0.248 e. The zero-order valence-electron chi connectivity index (χ0n) is 15.6. The highest BCUT2D eigenvalue weighted by Crippen LogP contribution is 2.21. The number of carbonyl (C=O) groups is 2. The third-order valence-electron chi connectivity index (χ3n) is 5.30.